The van der Waals surface area contributed by atoms with Crippen LogP contribution in [0.15, 0.2) is 54.0 Å². The van der Waals surface area contributed by atoms with Crippen molar-refractivity contribution in [2.24, 2.45) is 0 Å². The third kappa shape index (κ3) is 4.75. The van der Waals surface area contributed by atoms with Gasteiger partial charge in [0.25, 0.3) is 11.8 Å². The van der Waals surface area contributed by atoms with E-state index in [1.165, 1.54) is 23.5 Å². The minimum absolute atomic E-state index is 0.0292. The van der Waals surface area contributed by atoms with Crippen molar-refractivity contribution in [3.05, 3.63) is 75.7 Å². The Morgan fingerprint density at radius 1 is 0.944 bits per heavy atom. The highest BCUT2D eigenvalue weighted by Crippen LogP contribution is 2.33. The molecule has 2 aliphatic heterocycles. The van der Waals surface area contributed by atoms with E-state index in [9.17, 15) is 22.8 Å². The molecule has 3 aromatic rings. The summed E-state index contributed by atoms with van der Waals surface area (Å²) in [5, 5.41) is 2.31. The summed E-state index contributed by atoms with van der Waals surface area (Å²) in [7, 11) is 0. The van der Waals surface area contributed by atoms with E-state index >= 15 is 0 Å². The number of piperazine rings is 1. The molecule has 2 aliphatic rings. The maximum Gasteiger partial charge on any atom is 0.416 e. The Morgan fingerprint density at radius 3 is 2.25 bits per heavy atom. The van der Waals surface area contributed by atoms with Crippen LogP contribution in [0.5, 0.6) is 0 Å². The number of likely N-dealkylation sites (tertiary alicyclic amines) is 1. The maximum absolute atomic E-state index is 13.2. The smallest absolute Gasteiger partial charge is 0.335 e. The molecule has 2 aromatic carbocycles. The zero-order chi connectivity index (χ0) is 25.4. The zero-order valence-electron chi connectivity index (χ0n) is 19.7. The van der Waals surface area contributed by atoms with Crippen LogP contribution >= 0.6 is 11.3 Å². The van der Waals surface area contributed by atoms with Crippen LogP contribution in [0, 0.1) is 6.92 Å². The van der Waals surface area contributed by atoms with Crippen LogP contribution in [-0.4, -0.2) is 76.8 Å². The van der Waals surface area contributed by atoms with E-state index in [2.05, 4.69) is 9.88 Å². The van der Waals surface area contributed by atoms with Crippen LogP contribution in [-0.2, 0) is 6.18 Å². The van der Waals surface area contributed by atoms with E-state index in [1.807, 2.05) is 17.9 Å². The van der Waals surface area contributed by atoms with Crippen LogP contribution in [0.2, 0.25) is 0 Å². The Labute approximate surface area is 211 Å². The lowest BCUT2D eigenvalue weighted by Gasteiger charge is -2.48. The zero-order valence-corrected chi connectivity index (χ0v) is 20.5. The van der Waals surface area contributed by atoms with Crippen LogP contribution in [0.25, 0.3) is 11.1 Å². The van der Waals surface area contributed by atoms with Gasteiger partial charge in [-0.1, -0.05) is 24.3 Å². The normalized spacial score (nSPS) is 17.2. The van der Waals surface area contributed by atoms with Crippen molar-refractivity contribution in [2.45, 2.75) is 19.1 Å². The molecule has 0 radical (unpaired) electrons. The van der Waals surface area contributed by atoms with E-state index < -0.39 is 11.7 Å². The first kappa shape index (κ1) is 24.5. The molecule has 188 valence electrons. The lowest BCUT2D eigenvalue weighted by Crippen LogP contribution is -2.64. The Morgan fingerprint density at radius 2 is 1.64 bits per heavy atom. The average Bonchev–Trinajstić information content (AvgIpc) is 3.38. The van der Waals surface area contributed by atoms with Gasteiger partial charge in [-0.2, -0.15) is 13.2 Å². The lowest BCUT2D eigenvalue weighted by atomic mass is 9.94. The molecule has 6 nitrogen and oxygen atoms in total. The molecule has 5 rings (SSSR count). The predicted octanol–water partition coefficient (Wildman–Crippen LogP) is 4.42. The molecule has 0 unspecified atom stereocenters. The van der Waals surface area contributed by atoms with Gasteiger partial charge in [-0.15, -0.1) is 11.3 Å². The van der Waals surface area contributed by atoms with Gasteiger partial charge < -0.3 is 9.80 Å². The number of alkyl halides is 3. The number of hydrogen-bond acceptors (Lipinski definition) is 5. The molecule has 2 fully saturated rings. The van der Waals surface area contributed by atoms with Gasteiger partial charge in [0.15, 0.2) is 5.01 Å². The monoisotopic (exact) mass is 514 g/mol. The second kappa shape index (κ2) is 9.67. The van der Waals surface area contributed by atoms with Crippen molar-refractivity contribution in [3.8, 4) is 11.1 Å². The number of carbonyl (C=O) groups excluding carboxylic acids is 2. The molecule has 3 heterocycles. The van der Waals surface area contributed by atoms with Crippen molar-refractivity contribution < 1.29 is 22.8 Å². The third-order valence-corrected chi connectivity index (χ3v) is 7.73. The maximum atomic E-state index is 13.2. The number of benzene rings is 2. The summed E-state index contributed by atoms with van der Waals surface area (Å²) in [5.74, 6) is -0.103. The van der Waals surface area contributed by atoms with Gasteiger partial charge in [0.1, 0.15) is 0 Å². The summed E-state index contributed by atoms with van der Waals surface area (Å²) in [4.78, 5) is 35.8. The van der Waals surface area contributed by atoms with Gasteiger partial charge in [0, 0.05) is 62.5 Å². The topological polar surface area (TPSA) is 56.8 Å². The fraction of sp³-hybridized carbons (Fsp3) is 0.346. The Balaban J connectivity index is 1.19. The summed E-state index contributed by atoms with van der Waals surface area (Å²) >= 11 is 1.35. The van der Waals surface area contributed by atoms with Crippen molar-refractivity contribution in [1.29, 1.82) is 0 Å². The quantitative estimate of drug-likeness (QED) is 0.517. The SMILES string of the molecule is Cc1c(C(=O)N2CC(N3CCN(C(=O)c4nccs4)CC3)C2)cccc1-c1ccc(C(F)(F)F)cc1. The van der Waals surface area contributed by atoms with E-state index in [-0.39, 0.29) is 17.9 Å². The summed E-state index contributed by atoms with van der Waals surface area (Å²) in [6.45, 7) is 5.84. The first-order chi connectivity index (χ1) is 17.2. The van der Waals surface area contributed by atoms with E-state index in [4.69, 9.17) is 0 Å². The molecular formula is C26H25F3N4O2S. The number of thiazole rings is 1. The highest BCUT2D eigenvalue weighted by Gasteiger charge is 2.37. The van der Waals surface area contributed by atoms with Crippen LogP contribution in [0.1, 0.15) is 31.3 Å². The molecule has 0 saturated carbocycles. The average molecular weight is 515 g/mol. The molecule has 0 spiro atoms. The Kier molecular flexibility index (Phi) is 6.57. The number of rotatable bonds is 4. The minimum Gasteiger partial charge on any atom is -0.335 e. The van der Waals surface area contributed by atoms with Crippen LogP contribution in [0.4, 0.5) is 13.2 Å². The first-order valence-electron chi connectivity index (χ1n) is 11.7. The standard InChI is InChI=1S/C26H25F3N4O2S/c1-17-21(18-5-7-19(8-6-18)26(27,28)29)3-2-4-22(17)24(34)33-15-20(16-33)31-10-12-32(13-11-31)25(35)23-30-9-14-36-23/h2-9,14,20H,10-13,15-16H2,1H3. The summed E-state index contributed by atoms with van der Waals surface area (Å²) < 4.78 is 38.7. The van der Waals surface area contributed by atoms with E-state index in [0.29, 0.717) is 42.3 Å². The van der Waals surface area contributed by atoms with Crippen molar-refractivity contribution >= 4 is 23.2 Å². The molecule has 10 heteroatoms. The molecule has 0 atom stereocenters. The second-order valence-electron chi connectivity index (χ2n) is 9.08. The highest BCUT2D eigenvalue weighted by atomic mass is 32.1. The van der Waals surface area contributed by atoms with Crippen LogP contribution in [0.3, 0.4) is 0 Å². The number of amides is 2. The summed E-state index contributed by atoms with van der Waals surface area (Å²) in [5.41, 5.74) is 2.00. The van der Waals surface area contributed by atoms with Gasteiger partial charge in [-0.3, -0.25) is 14.5 Å². The van der Waals surface area contributed by atoms with Gasteiger partial charge in [0.05, 0.1) is 5.56 Å². The molecule has 36 heavy (non-hydrogen) atoms. The number of hydrogen-bond donors (Lipinski definition) is 0. The molecule has 1 aromatic heterocycles. The number of halogens is 3. The first-order valence-corrected chi connectivity index (χ1v) is 12.6. The molecule has 2 saturated heterocycles. The Bertz CT molecular complexity index is 1250. The molecule has 2 amide bonds. The number of carbonyl (C=O) groups is 2. The largest absolute Gasteiger partial charge is 0.416 e. The number of nitrogens with zero attached hydrogens (tertiary/aromatic N) is 4. The van der Waals surface area contributed by atoms with Crippen molar-refractivity contribution in [2.75, 3.05) is 39.3 Å². The van der Waals surface area contributed by atoms with E-state index in [1.54, 1.807) is 28.6 Å². The lowest BCUT2D eigenvalue weighted by molar-refractivity contribution is -0.137. The molecule has 0 N–H and O–H groups in total. The van der Waals surface area contributed by atoms with E-state index in [0.717, 1.165) is 36.3 Å². The fourth-order valence-corrected chi connectivity index (χ4v) is 5.40. The second-order valence-corrected chi connectivity index (χ2v) is 9.98. The van der Waals surface area contributed by atoms with Gasteiger partial charge in [0.2, 0.25) is 0 Å². The Hall–Kier alpha value is -3.24. The van der Waals surface area contributed by atoms with Crippen LogP contribution < -0.4 is 0 Å². The molecule has 0 aliphatic carbocycles. The minimum atomic E-state index is -4.39. The highest BCUT2D eigenvalue weighted by molar-refractivity contribution is 7.11. The molecule has 0 bridgehead atoms. The summed E-state index contributed by atoms with van der Waals surface area (Å²) in [6, 6.07) is 10.6. The van der Waals surface area contributed by atoms with Gasteiger partial charge in [-0.25, -0.2) is 4.98 Å². The predicted molar refractivity (Wildman–Crippen MR) is 131 cm³/mol. The van der Waals surface area contributed by atoms with Crippen molar-refractivity contribution in [1.82, 2.24) is 19.7 Å². The fourth-order valence-electron chi connectivity index (χ4n) is 4.80. The molecular weight excluding hydrogens is 489 g/mol. The number of aromatic nitrogens is 1. The van der Waals surface area contributed by atoms with Gasteiger partial charge >= 0.3 is 6.18 Å². The summed E-state index contributed by atoms with van der Waals surface area (Å²) in [6.07, 6.45) is -2.75. The van der Waals surface area contributed by atoms with Crippen molar-refractivity contribution in [3.63, 3.8) is 0 Å². The third-order valence-electron chi connectivity index (χ3n) is 6.97. The van der Waals surface area contributed by atoms with Gasteiger partial charge in [-0.05, 0) is 41.8 Å².